The number of methoxy groups -OCH3 is 2. The van der Waals surface area contributed by atoms with Crippen LogP contribution in [0.4, 0.5) is 0 Å². The monoisotopic (exact) mass is 370 g/mol. The van der Waals surface area contributed by atoms with Crippen LogP contribution in [0.2, 0.25) is 0 Å². The van der Waals surface area contributed by atoms with Crippen LogP contribution in [-0.2, 0) is 28.4 Å². The van der Waals surface area contributed by atoms with Gasteiger partial charge in [-0.05, 0) is 12.1 Å². The number of ether oxygens (including phenoxy) is 6. The maximum atomic E-state index is 12.2. The molecule has 146 valence electrons. The SMILES string of the molecule is COCCOCCOC(=O)c1ccccc1C(=O)OCCOCCOC. The van der Waals surface area contributed by atoms with Gasteiger partial charge in [-0.3, -0.25) is 0 Å². The largest absolute Gasteiger partial charge is 0.460 e. The summed E-state index contributed by atoms with van der Waals surface area (Å²) in [5.41, 5.74) is 0.296. The molecule has 0 amide bonds. The second-order valence-corrected chi connectivity index (χ2v) is 5.03. The topological polar surface area (TPSA) is 89.5 Å². The fourth-order valence-corrected chi connectivity index (χ4v) is 1.87. The highest BCUT2D eigenvalue weighted by Gasteiger charge is 2.18. The van der Waals surface area contributed by atoms with E-state index in [1.165, 1.54) is 12.1 Å². The molecule has 0 atom stereocenters. The van der Waals surface area contributed by atoms with E-state index in [0.717, 1.165) is 0 Å². The first kappa shape index (κ1) is 22.0. The lowest BCUT2D eigenvalue weighted by Gasteiger charge is -2.10. The van der Waals surface area contributed by atoms with E-state index >= 15 is 0 Å². The third kappa shape index (κ3) is 8.91. The molecule has 0 bridgehead atoms. The molecule has 1 aromatic carbocycles. The highest BCUT2D eigenvalue weighted by atomic mass is 16.6. The van der Waals surface area contributed by atoms with Gasteiger partial charge in [-0.1, -0.05) is 12.1 Å². The van der Waals surface area contributed by atoms with Crippen LogP contribution in [0.1, 0.15) is 20.7 Å². The molecule has 0 unspecified atom stereocenters. The molecule has 26 heavy (non-hydrogen) atoms. The van der Waals surface area contributed by atoms with Crippen LogP contribution in [0, 0.1) is 0 Å². The van der Waals surface area contributed by atoms with Crippen molar-refractivity contribution in [2.75, 3.05) is 67.1 Å². The summed E-state index contributed by atoms with van der Waals surface area (Å²) in [4.78, 5) is 24.3. The summed E-state index contributed by atoms with van der Waals surface area (Å²) in [6.07, 6.45) is 0. The Hall–Kier alpha value is -2.00. The Bertz CT molecular complexity index is 485. The first-order chi connectivity index (χ1) is 12.7. The highest BCUT2D eigenvalue weighted by molar-refractivity contribution is 6.03. The molecule has 8 nitrogen and oxygen atoms in total. The van der Waals surface area contributed by atoms with Crippen molar-refractivity contribution in [1.29, 1.82) is 0 Å². The lowest BCUT2D eigenvalue weighted by atomic mass is 10.1. The van der Waals surface area contributed by atoms with E-state index in [0.29, 0.717) is 26.4 Å². The van der Waals surface area contributed by atoms with Crippen LogP contribution in [0.5, 0.6) is 0 Å². The van der Waals surface area contributed by atoms with E-state index in [1.807, 2.05) is 0 Å². The van der Waals surface area contributed by atoms with E-state index in [1.54, 1.807) is 26.4 Å². The standard InChI is InChI=1S/C18H26O8/c1-21-7-9-23-11-13-25-17(19)15-5-3-4-6-16(15)18(20)26-14-12-24-10-8-22-2/h3-6H,7-14H2,1-2H3. The molecule has 0 aromatic heterocycles. The molecule has 0 spiro atoms. The van der Waals surface area contributed by atoms with Gasteiger partial charge in [0.05, 0.1) is 50.8 Å². The number of benzene rings is 1. The molecule has 0 saturated heterocycles. The first-order valence-electron chi connectivity index (χ1n) is 8.27. The van der Waals surface area contributed by atoms with Crippen molar-refractivity contribution >= 4 is 11.9 Å². The summed E-state index contributed by atoms with van der Waals surface area (Å²) in [7, 11) is 3.15. The molecule has 1 rings (SSSR count). The van der Waals surface area contributed by atoms with Gasteiger partial charge in [0.2, 0.25) is 0 Å². The summed E-state index contributed by atoms with van der Waals surface area (Å²) in [5.74, 6) is -1.21. The van der Waals surface area contributed by atoms with E-state index in [9.17, 15) is 9.59 Å². The van der Waals surface area contributed by atoms with Crippen LogP contribution in [0.3, 0.4) is 0 Å². The van der Waals surface area contributed by atoms with Gasteiger partial charge in [0.1, 0.15) is 13.2 Å². The molecule has 0 N–H and O–H groups in total. The van der Waals surface area contributed by atoms with Gasteiger partial charge in [-0.15, -0.1) is 0 Å². The molecule has 0 aliphatic heterocycles. The fraction of sp³-hybridized carbons (Fsp3) is 0.556. The maximum absolute atomic E-state index is 12.2. The lowest BCUT2D eigenvalue weighted by molar-refractivity contribution is 0.0184. The molecular formula is C18H26O8. The van der Waals surface area contributed by atoms with Crippen molar-refractivity contribution < 1.29 is 38.0 Å². The number of hydrogen-bond acceptors (Lipinski definition) is 8. The smallest absolute Gasteiger partial charge is 0.339 e. The average Bonchev–Trinajstić information content (AvgIpc) is 2.67. The predicted molar refractivity (Wildman–Crippen MR) is 92.4 cm³/mol. The third-order valence-electron chi connectivity index (χ3n) is 3.15. The van der Waals surface area contributed by atoms with Crippen molar-refractivity contribution in [1.82, 2.24) is 0 Å². The van der Waals surface area contributed by atoms with Gasteiger partial charge in [-0.25, -0.2) is 9.59 Å². The second-order valence-electron chi connectivity index (χ2n) is 5.03. The van der Waals surface area contributed by atoms with Crippen molar-refractivity contribution in [3.63, 3.8) is 0 Å². The van der Waals surface area contributed by atoms with Crippen LogP contribution < -0.4 is 0 Å². The third-order valence-corrected chi connectivity index (χ3v) is 3.15. The van der Waals surface area contributed by atoms with Gasteiger partial charge < -0.3 is 28.4 Å². The summed E-state index contributed by atoms with van der Waals surface area (Å²) < 4.78 is 30.3. The van der Waals surface area contributed by atoms with Gasteiger partial charge in [0, 0.05) is 14.2 Å². The first-order valence-corrected chi connectivity index (χ1v) is 8.27. The number of esters is 2. The maximum Gasteiger partial charge on any atom is 0.339 e. The zero-order chi connectivity index (χ0) is 19.0. The molecule has 0 heterocycles. The van der Waals surface area contributed by atoms with Crippen LogP contribution in [0.25, 0.3) is 0 Å². The van der Waals surface area contributed by atoms with E-state index in [-0.39, 0.29) is 37.6 Å². The van der Waals surface area contributed by atoms with Crippen LogP contribution >= 0.6 is 0 Å². The predicted octanol–water partition coefficient (Wildman–Crippen LogP) is 1.33. The Morgan fingerprint density at radius 1 is 0.654 bits per heavy atom. The molecule has 0 saturated carbocycles. The van der Waals surface area contributed by atoms with Gasteiger partial charge in [0.15, 0.2) is 0 Å². The summed E-state index contributed by atoms with van der Waals surface area (Å²) in [5, 5.41) is 0. The molecule has 0 aliphatic rings. The van der Waals surface area contributed by atoms with Crippen molar-refractivity contribution in [2.45, 2.75) is 0 Å². The summed E-state index contributed by atoms with van der Waals surface area (Å²) >= 11 is 0. The van der Waals surface area contributed by atoms with Crippen molar-refractivity contribution in [3.8, 4) is 0 Å². The van der Waals surface area contributed by atoms with Crippen molar-refractivity contribution in [2.24, 2.45) is 0 Å². The zero-order valence-corrected chi connectivity index (χ0v) is 15.2. The van der Waals surface area contributed by atoms with E-state index in [2.05, 4.69) is 0 Å². The van der Waals surface area contributed by atoms with Crippen LogP contribution in [-0.4, -0.2) is 79.0 Å². The number of carbonyl (C=O) groups is 2. The number of rotatable bonds is 14. The van der Waals surface area contributed by atoms with Gasteiger partial charge in [0.25, 0.3) is 0 Å². The zero-order valence-electron chi connectivity index (χ0n) is 15.2. The minimum absolute atomic E-state index is 0.0826. The Morgan fingerprint density at radius 2 is 1.04 bits per heavy atom. The number of carbonyl (C=O) groups excluding carboxylic acids is 2. The van der Waals surface area contributed by atoms with Crippen LogP contribution in [0.15, 0.2) is 24.3 Å². The van der Waals surface area contributed by atoms with Crippen molar-refractivity contribution in [3.05, 3.63) is 35.4 Å². The molecule has 8 heteroatoms. The summed E-state index contributed by atoms with van der Waals surface area (Å²) in [6.45, 7) is 2.45. The molecule has 0 fully saturated rings. The quantitative estimate of drug-likeness (QED) is 0.358. The minimum atomic E-state index is -0.607. The second kappa shape index (κ2) is 14.2. The molecule has 1 aromatic rings. The lowest BCUT2D eigenvalue weighted by Crippen LogP contribution is -2.18. The minimum Gasteiger partial charge on any atom is -0.460 e. The Morgan fingerprint density at radius 3 is 1.42 bits per heavy atom. The van der Waals surface area contributed by atoms with E-state index in [4.69, 9.17) is 28.4 Å². The summed E-state index contributed by atoms with van der Waals surface area (Å²) in [6, 6.07) is 6.33. The van der Waals surface area contributed by atoms with Gasteiger partial charge >= 0.3 is 11.9 Å². The molecule has 0 aliphatic carbocycles. The Labute approximate surface area is 153 Å². The highest BCUT2D eigenvalue weighted by Crippen LogP contribution is 2.12. The molecule has 0 radical (unpaired) electrons. The Balaban J connectivity index is 2.42. The average molecular weight is 370 g/mol. The number of hydrogen-bond donors (Lipinski definition) is 0. The van der Waals surface area contributed by atoms with E-state index < -0.39 is 11.9 Å². The van der Waals surface area contributed by atoms with Gasteiger partial charge in [-0.2, -0.15) is 0 Å². The Kier molecular flexibility index (Phi) is 12.0. The fourth-order valence-electron chi connectivity index (χ4n) is 1.87. The normalized spacial score (nSPS) is 10.5. The molecular weight excluding hydrogens is 344 g/mol.